The molecule has 0 aromatic heterocycles. The molecule has 0 aliphatic heterocycles. The predicted molar refractivity (Wildman–Crippen MR) is 170 cm³/mol. The molecule has 0 heterocycles. The summed E-state index contributed by atoms with van der Waals surface area (Å²) in [6.45, 7) is 6.74. The first-order chi connectivity index (χ1) is 19.0. The molecule has 0 unspecified atom stereocenters. The quantitative estimate of drug-likeness (QED) is 0.0656. The van der Waals surface area contributed by atoms with Gasteiger partial charge in [-0.1, -0.05) is 136 Å². The highest BCUT2D eigenvalue weighted by Crippen LogP contribution is 2.45. The van der Waals surface area contributed by atoms with Gasteiger partial charge < -0.3 is 14.9 Å². The first-order valence-corrected chi connectivity index (χ1v) is 17.2. The molecule has 1 aromatic rings. The highest BCUT2D eigenvalue weighted by molar-refractivity contribution is 9.10. The number of rotatable bonds is 25. The van der Waals surface area contributed by atoms with E-state index in [1.165, 1.54) is 115 Å². The maximum Gasteiger partial charge on any atom is 0.511 e. The minimum Gasteiger partial charge on any atom is -0.504 e. The second-order valence-corrected chi connectivity index (χ2v) is 12.2. The number of unbranched alkanes of at least 4 members (excludes halogenated alkanes) is 18. The average Bonchev–Trinajstić information content (AvgIpc) is 2.91. The van der Waals surface area contributed by atoms with Crippen LogP contribution in [0.5, 0.6) is 11.5 Å². The lowest BCUT2D eigenvalue weighted by Gasteiger charge is -2.21. The summed E-state index contributed by atoms with van der Waals surface area (Å²) in [5.41, 5.74) is 3.32. The van der Waals surface area contributed by atoms with E-state index in [-0.39, 0.29) is 11.5 Å². The number of halogens is 1. The minimum atomic E-state index is -1.38. The van der Waals surface area contributed by atoms with Crippen LogP contribution in [0.4, 0.5) is 4.79 Å². The summed E-state index contributed by atoms with van der Waals surface area (Å²) in [5, 5.41) is 20.7. The number of aromatic hydroxyl groups is 1. The maximum atomic E-state index is 11.5. The smallest absolute Gasteiger partial charge is 0.504 e. The second-order valence-electron chi connectivity index (χ2n) is 11.4. The molecule has 1 rings (SSSR count). The van der Waals surface area contributed by atoms with Crippen molar-refractivity contribution >= 4 is 22.1 Å². The molecule has 0 fully saturated rings. The first kappa shape index (κ1) is 35.8. The number of benzene rings is 1. The lowest BCUT2D eigenvalue weighted by atomic mass is 9.88. The molecule has 0 radical (unpaired) electrons. The Morgan fingerprint density at radius 2 is 0.897 bits per heavy atom. The van der Waals surface area contributed by atoms with Crippen molar-refractivity contribution in [2.45, 2.75) is 175 Å². The van der Waals surface area contributed by atoms with Gasteiger partial charge in [0.05, 0.1) is 4.47 Å². The third kappa shape index (κ3) is 15.4. The Balaban J connectivity index is 3.06. The van der Waals surface area contributed by atoms with E-state index >= 15 is 0 Å². The summed E-state index contributed by atoms with van der Waals surface area (Å²) in [6.07, 6.45) is 27.1. The van der Waals surface area contributed by atoms with Crippen molar-refractivity contribution in [3.05, 3.63) is 21.2 Å². The van der Waals surface area contributed by atoms with Gasteiger partial charge in [0.25, 0.3) is 0 Å². The maximum absolute atomic E-state index is 11.5. The van der Waals surface area contributed by atoms with Crippen molar-refractivity contribution in [3.63, 3.8) is 0 Å². The zero-order chi connectivity index (χ0) is 28.7. The van der Waals surface area contributed by atoms with Crippen molar-refractivity contribution in [1.82, 2.24) is 0 Å². The van der Waals surface area contributed by atoms with Crippen molar-refractivity contribution < 1.29 is 19.7 Å². The summed E-state index contributed by atoms with van der Waals surface area (Å²) in [5.74, 6) is 0.109. The highest BCUT2D eigenvalue weighted by atomic mass is 79.9. The number of ether oxygens (including phenoxy) is 1. The normalized spacial score (nSPS) is 11.3. The van der Waals surface area contributed by atoms with Crippen molar-refractivity contribution in [2.24, 2.45) is 0 Å². The summed E-state index contributed by atoms with van der Waals surface area (Å²) in [7, 11) is 0. The van der Waals surface area contributed by atoms with Gasteiger partial charge in [-0.15, -0.1) is 0 Å². The Hall–Kier alpha value is -1.23. The van der Waals surface area contributed by atoms with Crippen molar-refractivity contribution in [2.75, 3.05) is 0 Å². The molecule has 0 aliphatic rings. The number of hydrogen-bond donors (Lipinski definition) is 2. The topological polar surface area (TPSA) is 66.8 Å². The van der Waals surface area contributed by atoms with Crippen LogP contribution in [0, 0.1) is 0 Å². The van der Waals surface area contributed by atoms with Gasteiger partial charge >= 0.3 is 6.16 Å². The molecule has 0 amide bonds. The molecular formula is C34H59BrO4. The van der Waals surface area contributed by atoms with Gasteiger partial charge in [0.15, 0.2) is 11.5 Å². The zero-order valence-corrected chi connectivity index (χ0v) is 27.1. The molecule has 226 valence electrons. The van der Waals surface area contributed by atoms with E-state index in [1.807, 2.05) is 0 Å². The Morgan fingerprint density at radius 3 is 1.28 bits per heavy atom. The Kier molecular flexibility index (Phi) is 21.5. The largest absolute Gasteiger partial charge is 0.511 e. The van der Waals surface area contributed by atoms with Crippen LogP contribution in [0.25, 0.3) is 0 Å². The number of phenolic OH excluding ortho intramolecular Hbond substituents is 1. The van der Waals surface area contributed by atoms with Crippen molar-refractivity contribution in [3.8, 4) is 11.5 Å². The third-order valence-corrected chi connectivity index (χ3v) is 8.81. The third-order valence-electron chi connectivity index (χ3n) is 7.97. The molecule has 0 atom stereocenters. The standard InChI is InChI=1S/C34H59BrO4/c1-4-7-10-13-16-19-22-25-28-29(26-23-20-17-14-11-8-5-2)31(35)33(39-34(37)38)32(36)30(28)27-24-21-18-15-12-9-6-3/h36H,4-27H2,1-3H3,(H,37,38). The van der Waals surface area contributed by atoms with Gasteiger partial charge in [-0.25, -0.2) is 4.79 Å². The molecule has 0 saturated carbocycles. The predicted octanol–water partition coefficient (Wildman–Crippen LogP) is 12.1. The van der Waals surface area contributed by atoms with Crippen LogP contribution in [0.15, 0.2) is 4.47 Å². The number of phenols is 1. The van der Waals surface area contributed by atoms with Gasteiger partial charge in [-0.2, -0.15) is 0 Å². The van der Waals surface area contributed by atoms with Crippen molar-refractivity contribution in [1.29, 1.82) is 0 Å². The molecule has 0 bridgehead atoms. The molecule has 5 heteroatoms. The average molecular weight is 612 g/mol. The summed E-state index contributed by atoms with van der Waals surface area (Å²) >= 11 is 3.67. The van der Waals surface area contributed by atoms with Gasteiger partial charge in [0.1, 0.15) is 0 Å². The lowest BCUT2D eigenvalue weighted by molar-refractivity contribution is 0.142. The summed E-state index contributed by atoms with van der Waals surface area (Å²) < 4.78 is 5.79. The van der Waals surface area contributed by atoms with E-state index in [0.717, 1.165) is 56.1 Å². The van der Waals surface area contributed by atoms with E-state index in [9.17, 15) is 15.0 Å². The van der Waals surface area contributed by atoms with Gasteiger partial charge in [-0.05, 0) is 65.6 Å². The van der Waals surface area contributed by atoms with Crippen LogP contribution in [-0.2, 0) is 19.3 Å². The molecule has 0 saturated heterocycles. The second kappa shape index (κ2) is 23.5. The monoisotopic (exact) mass is 610 g/mol. The van der Waals surface area contributed by atoms with E-state index in [2.05, 4.69) is 36.7 Å². The van der Waals surface area contributed by atoms with Gasteiger partial charge in [-0.3, -0.25) is 0 Å². The fourth-order valence-electron chi connectivity index (χ4n) is 5.62. The first-order valence-electron chi connectivity index (χ1n) is 16.4. The van der Waals surface area contributed by atoms with E-state index < -0.39 is 6.16 Å². The molecule has 4 nitrogen and oxygen atoms in total. The summed E-state index contributed by atoms with van der Waals surface area (Å²) in [6, 6.07) is 0. The van der Waals surface area contributed by atoms with Crippen LogP contribution in [0.3, 0.4) is 0 Å². The molecule has 39 heavy (non-hydrogen) atoms. The van der Waals surface area contributed by atoms with Crippen LogP contribution >= 0.6 is 15.9 Å². The number of carboxylic acid groups (broad SMARTS) is 1. The van der Waals surface area contributed by atoms with Crippen LogP contribution in [0.2, 0.25) is 0 Å². The number of carbonyl (C=O) groups is 1. The molecule has 2 N–H and O–H groups in total. The Labute approximate surface area is 248 Å². The van der Waals surface area contributed by atoms with Gasteiger partial charge in [0.2, 0.25) is 0 Å². The van der Waals surface area contributed by atoms with E-state index in [0.29, 0.717) is 4.47 Å². The SMILES string of the molecule is CCCCCCCCCc1c(O)c(OC(=O)O)c(Br)c(CCCCCCCCC)c1CCCCCCCCC. The minimum absolute atomic E-state index is 0.0246. The molecular weight excluding hydrogens is 552 g/mol. The van der Waals surface area contributed by atoms with E-state index in [1.54, 1.807) is 0 Å². The summed E-state index contributed by atoms with van der Waals surface area (Å²) in [4.78, 5) is 11.5. The molecule has 0 spiro atoms. The van der Waals surface area contributed by atoms with E-state index in [4.69, 9.17) is 4.74 Å². The van der Waals surface area contributed by atoms with Gasteiger partial charge in [0, 0.05) is 5.56 Å². The zero-order valence-electron chi connectivity index (χ0n) is 25.6. The fraction of sp³-hybridized carbons (Fsp3) is 0.794. The van der Waals surface area contributed by atoms with Crippen LogP contribution < -0.4 is 4.74 Å². The highest BCUT2D eigenvalue weighted by Gasteiger charge is 2.24. The molecule has 0 aliphatic carbocycles. The van der Waals surface area contributed by atoms with Crippen LogP contribution in [0.1, 0.15) is 172 Å². The number of hydrogen-bond acceptors (Lipinski definition) is 3. The lowest BCUT2D eigenvalue weighted by Crippen LogP contribution is -2.10. The Morgan fingerprint density at radius 1 is 0.564 bits per heavy atom. The molecule has 1 aromatic carbocycles. The fourth-order valence-corrected chi connectivity index (χ4v) is 6.33. The Bertz CT molecular complexity index is 732. The van der Waals surface area contributed by atoms with Crippen LogP contribution in [-0.4, -0.2) is 16.4 Å².